The molecule has 0 aliphatic heterocycles. The predicted molar refractivity (Wildman–Crippen MR) is 65.8 cm³/mol. The van der Waals surface area contributed by atoms with Crippen molar-refractivity contribution in [3.8, 4) is 0 Å². The van der Waals surface area contributed by atoms with Gasteiger partial charge >= 0.3 is 0 Å². The summed E-state index contributed by atoms with van der Waals surface area (Å²) in [5.74, 6) is 0.518. The Morgan fingerprint density at radius 1 is 1.44 bits per heavy atom. The molecule has 1 N–H and O–H groups in total. The van der Waals surface area contributed by atoms with E-state index >= 15 is 0 Å². The Morgan fingerprint density at radius 2 is 2.12 bits per heavy atom. The van der Waals surface area contributed by atoms with Crippen molar-refractivity contribution in [2.24, 2.45) is 5.92 Å². The van der Waals surface area contributed by atoms with Crippen LogP contribution in [0.25, 0.3) is 0 Å². The Labute approximate surface area is 95.8 Å². The Bertz CT molecular complexity index is 375. The topological polar surface area (TPSA) is 55.2 Å². The molecule has 0 saturated carbocycles. The number of nitro groups is 1. The normalized spacial score (nSPS) is 10.5. The van der Waals surface area contributed by atoms with E-state index in [1.165, 1.54) is 0 Å². The van der Waals surface area contributed by atoms with Crippen LogP contribution in [0.4, 0.5) is 11.4 Å². The highest BCUT2D eigenvalue weighted by molar-refractivity contribution is 5.55. The molecule has 0 bridgehead atoms. The molecule has 0 amide bonds. The average molecular weight is 222 g/mol. The van der Waals surface area contributed by atoms with Crippen LogP contribution >= 0.6 is 0 Å². The molecule has 88 valence electrons. The van der Waals surface area contributed by atoms with Gasteiger partial charge in [0.05, 0.1) is 4.92 Å². The highest BCUT2D eigenvalue weighted by atomic mass is 16.6. The average Bonchev–Trinajstić information content (AvgIpc) is 2.25. The first-order valence-electron chi connectivity index (χ1n) is 5.55. The fourth-order valence-corrected chi connectivity index (χ4v) is 1.46. The molecular weight excluding hydrogens is 204 g/mol. The van der Waals surface area contributed by atoms with E-state index in [-0.39, 0.29) is 10.6 Å². The third-order valence-electron chi connectivity index (χ3n) is 2.38. The summed E-state index contributed by atoms with van der Waals surface area (Å²) in [6.45, 7) is 6.94. The third-order valence-corrected chi connectivity index (χ3v) is 2.38. The van der Waals surface area contributed by atoms with Gasteiger partial charge in [0.2, 0.25) is 0 Å². The van der Waals surface area contributed by atoms with Crippen LogP contribution in [0.15, 0.2) is 18.2 Å². The van der Waals surface area contributed by atoms with E-state index in [1.54, 1.807) is 6.07 Å². The van der Waals surface area contributed by atoms with Crippen molar-refractivity contribution in [2.75, 3.05) is 11.9 Å². The minimum atomic E-state index is -0.320. The van der Waals surface area contributed by atoms with Gasteiger partial charge in [0.25, 0.3) is 5.69 Å². The molecule has 0 aliphatic carbocycles. The van der Waals surface area contributed by atoms with Crippen molar-refractivity contribution in [3.63, 3.8) is 0 Å². The number of nitrogens with zero attached hydrogens (tertiary/aromatic N) is 1. The SMILES string of the molecule is CCc1ccc(NCC(C)C)cc1[N+](=O)[O-]. The van der Waals surface area contributed by atoms with Crippen LogP contribution in [0.3, 0.4) is 0 Å². The number of nitrogens with one attached hydrogen (secondary N) is 1. The number of hydrogen-bond donors (Lipinski definition) is 1. The second-order valence-corrected chi connectivity index (χ2v) is 4.23. The molecule has 0 atom stereocenters. The maximum absolute atomic E-state index is 10.8. The van der Waals surface area contributed by atoms with Crippen molar-refractivity contribution in [1.82, 2.24) is 0 Å². The van der Waals surface area contributed by atoms with E-state index in [0.29, 0.717) is 12.3 Å². The largest absolute Gasteiger partial charge is 0.385 e. The van der Waals surface area contributed by atoms with Crippen LogP contribution in [-0.4, -0.2) is 11.5 Å². The number of rotatable bonds is 5. The Balaban J connectivity index is 2.89. The second-order valence-electron chi connectivity index (χ2n) is 4.23. The van der Waals surface area contributed by atoms with Gasteiger partial charge in [-0.2, -0.15) is 0 Å². The van der Waals surface area contributed by atoms with Crippen LogP contribution < -0.4 is 5.32 Å². The van der Waals surface area contributed by atoms with Gasteiger partial charge < -0.3 is 5.32 Å². The van der Waals surface area contributed by atoms with Crippen molar-refractivity contribution >= 4 is 11.4 Å². The van der Waals surface area contributed by atoms with Crippen LogP contribution in [0.1, 0.15) is 26.3 Å². The summed E-state index contributed by atoms with van der Waals surface area (Å²) in [4.78, 5) is 10.5. The molecule has 0 radical (unpaired) electrons. The lowest BCUT2D eigenvalue weighted by molar-refractivity contribution is -0.385. The van der Waals surface area contributed by atoms with Crippen LogP contribution in [0, 0.1) is 16.0 Å². The van der Waals surface area contributed by atoms with Gasteiger partial charge in [-0.05, 0) is 18.4 Å². The predicted octanol–water partition coefficient (Wildman–Crippen LogP) is 3.23. The Hall–Kier alpha value is -1.58. The Morgan fingerprint density at radius 3 is 2.62 bits per heavy atom. The lowest BCUT2D eigenvalue weighted by atomic mass is 10.1. The lowest BCUT2D eigenvalue weighted by Gasteiger charge is -2.09. The third kappa shape index (κ3) is 3.22. The zero-order chi connectivity index (χ0) is 12.1. The highest BCUT2D eigenvalue weighted by Crippen LogP contribution is 2.23. The van der Waals surface area contributed by atoms with E-state index in [0.717, 1.165) is 17.8 Å². The van der Waals surface area contributed by atoms with E-state index in [9.17, 15) is 10.1 Å². The quantitative estimate of drug-likeness (QED) is 0.614. The van der Waals surface area contributed by atoms with Gasteiger partial charge in [0.15, 0.2) is 0 Å². The van der Waals surface area contributed by atoms with Crippen molar-refractivity contribution in [1.29, 1.82) is 0 Å². The first-order valence-corrected chi connectivity index (χ1v) is 5.55. The molecule has 0 unspecified atom stereocenters. The molecule has 16 heavy (non-hydrogen) atoms. The van der Waals surface area contributed by atoms with Crippen molar-refractivity contribution in [2.45, 2.75) is 27.2 Å². The molecule has 0 aromatic heterocycles. The number of aryl methyl sites for hydroxylation is 1. The minimum Gasteiger partial charge on any atom is -0.385 e. The fourth-order valence-electron chi connectivity index (χ4n) is 1.46. The van der Waals surface area contributed by atoms with E-state index in [1.807, 2.05) is 19.1 Å². The number of hydrogen-bond acceptors (Lipinski definition) is 3. The summed E-state index contributed by atoms with van der Waals surface area (Å²) in [6.07, 6.45) is 0.681. The smallest absolute Gasteiger partial charge is 0.274 e. The highest BCUT2D eigenvalue weighted by Gasteiger charge is 2.12. The summed E-state index contributed by atoms with van der Waals surface area (Å²) >= 11 is 0. The van der Waals surface area contributed by atoms with Crippen LogP contribution in [0.2, 0.25) is 0 Å². The first kappa shape index (κ1) is 12.5. The van der Waals surface area contributed by atoms with E-state index in [2.05, 4.69) is 19.2 Å². The molecule has 0 spiro atoms. The van der Waals surface area contributed by atoms with E-state index in [4.69, 9.17) is 0 Å². The van der Waals surface area contributed by atoms with Gasteiger partial charge in [-0.3, -0.25) is 10.1 Å². The first-order chi connectivity index (χ1) is 7.54. The fraction of sp³-hybridized carbons (Fsp3) is 0.500. The lowest BCUT2D eigenvalue weighted by Crippen LogP contribution is -2.08. The van der Waals surface area contributed by atoms with Crippen molar-refractivity contribution in [3.05, 3.63) is 33.9 Å². The van der Waals surface area contributed by atoms with Gasteiger partial charge in [-0.15, -0.1) is 0 Å². The summed E-state index contributed by atoms with van der Waals surface area (Å²) in [5.41, 5.74) is 1.80. The second kappa shape index (κ2) is 5.49. The molecule has 0 aliphatic rings. The zero-order valence-electron chi connectivity index (χ0n) is 9.99. The number of benzene rings is 1. The molecule has 1 rings (SSSR count). The molecule has 1 aromatic rings. The minimum absolute atomic E-state index is 0.205. The van der Waals surface area contributed by atoms with Gasteiger partial charge in [0, 0.05) is 23.9 Å². The monoisotopic (exact) mass is 222 g/mol. The van der Waals surface area contributed by atoms with Gasteiger partial charge in [0.1, 0.15) is 0 Å². The van der Waals surface area contributed by atoms with Crippen LogP contribution in [0.5, 0.6) is 0 Å². The number of anilines is 1. The molecule has 0 fully saturated rings. The van der Waals surface area contributed by atoms with E-state index < -0.39 is 0 Å². The molecular formula is C12H18N2O2. The molecule has 1 aromatic carbocycles. The van der Waals surface area contributed by atoms with Gasteiger partial charge in [-0.1, -0.05) is 26.8 Å². The summed E-state index contributed by atoms with van der Waals surface area (Å²) in [7, 11) is 0. The summed E-state index contributed by atoms with van der Waals surface area (Å²) in [6, 6.07) is 5.33. The molecule has 4 nitrogen and oxygen atoms in total. The summed E-state index contributed by atoms with van der Waals surface area (Å²) in [5, 5.41) is 14.0. The maximum Gasteiger partial charge on any atom is 0.274 e. The van der Waals surface area contributed by atoms with Crippen molar-refractivity contribution < 1.29 is 4.92 Å². The standard InChI is InChI=1S/C12H18N2O2/c1-4-10-5-6-11(13-8-9(2)3)7-12(10)14(15)16/h5-7,9,13H,4,8H2,1-3H3. The zero-order valence-corrected chi connectivity index (χ0v) is 9.99. The molecule has 0 heterocycles. The maximum atomic E-state index is 10.8. The molecule has 0 saturated heterocycles. The number of nitro benzene ring substituents is 1. The summed E-state index contributed by atoms with van der Waals surface area (Å²) < 4.78 is 0. The molecule has 4 heteroatoms. The van der Waals surface area contributed by atoms with Gasteiger partial charge in [-0.25, -0.2) is 0 Å². The Kier molecular flexibility index (Phi) is 4.28. The van der Waals surface area contributed by atoms with Crippen LogP contribution in [-0.2, 0) is 6.42 Å².